The molecule has 96 valence electrons. The molecule has 0 aromatic heterocycles. The number of benzene rings is 1. The summed E-state index contributed by atoms with van der Waals surface area (Å²) in [6.45, 7) is 8.02. The molecule has 0 spiro atoms. The molecule has 17 heavy (non-hydrogen) atoms. The van der Waals surface area contributed by atoms with Gasteiger partial charge in [0.2, 0.25) is 0 Å². The van der Waals surface area contributed by atoms with Crippen LogP contribution in [-0.4, -0.2) is 8.96 Å². The van der Waals surface area contributed by atoms with E-state index >= 15 is 0 Å². The van der Waals surface area contributed by atoms with E-state index in [1.165, 1.54) is 5.56 Å². The highest BCUT2D eigenvalue weighted by Gasteiger charge is 2.22. The minimum absolute atomic E-state index is 0.132. The van der Waals surface area contributed by atoms with Gasteiger partial charge in [-0.05, 0) is 44.9 Å². The first-order valence-corrected chi connectivity index (χ1v) is 7.72. The maximum atomic E-state index is 12.1. The molecule has 2 nitrogen and oxygen atoms in total. The van der Waals surface area contributed by atoms with Crippen LogP contribution in [-0.2, 0) is 11.0 Å². The van der Waals surface area contributed by atoms with Crippen LogP contribution in [0.5, 0.6) is 0 Å². The minimum Gasteiger partial charge on any atom is -0.242 e. The van der Waals surface area contributed by atoms with Crippen molar-refractivity contribution < 1.29 is 4.21 Å². The Hall–Kier alpha value is -0.190. The average Bonchev–Trinajstić information content (AvgIpc) is 2.24. The Balaban J connectivity index is 2.83. The van der Waals surface area contributed by atoms with Crippen molar-refractivity contribution in [1.82, 2.24) is 4.72 Å². The van der Waals surface area contributed by atoms with Crippen LogP contribution in [0, 0.1) is 0 Å². The molecule has 0 saturated carbocycles. The topological polar surface area (TPSA) is 29.1 Å². The molecular weight excluding hydrogens is 298 g/mol. The fraction of sp³-hybridized carbons (Fsp3) is 0.538. The molecule has 0 aliphatic carbocycles. The highest BCUT2D eigenvalue weighted by molar-refractivity contribution is 9.10. The van der Waals surface area contributed by atoms with Gasteiger partial charge in [0.25, 0.3) is 0 Å². The van der Waals surface area contributed by atoms with Crippen LogP contribution in [0.4, 0.5) is 0 Å². The van der Waals surface area contributed by atoms with Gasteiger partial charge < -0.3 is 0 Å². The third-order valence-electron chi connectivity index (χ3n) is 2.46. The standard InChI is InChI=1S/C13H20BrNOS/c1-5-12(15-17(16)13(2,3)4)10-7-6-8-11(14)9-10/h6-9,12,15H,5H2,1-4H3/t12-,17?/m0/s1. The summed E-state index contributed by atoms with van der Waals surface area (Å²) in [5.74, 6) is 0. The molecule has 0 fully saturated rings. The molecule has 0 amide bonds. The fourth-order valence-electron chi connectivity index (χ4n) is 1.42. The molecular formula is C13H20BrNOS. The van der Waals surface area contributed by atoms with Gasteiger partial charge in [-0.3, -0.25) is 0 Å². The van der Waals surface area contributed by atoms with E-state index in [0.29, 0.717) is 0 Å². The molecule has 1 aromatic rings. The lowest BCUT2D eigenvalue weighted by Gasteiger charge is -2.23. The summed E-state index contributed by atoms with van der Waals surface area (Å²) in [5, 5.41) is 0. The van der Waals surface area contributed by atoms with Gasteiger partial charge in [0, 0.05) is 10.5 Å². The first-order valence-electron chi connectivity index (χ1n) is 5.78. The van der Waals surface area contributed by atoms with E-state index in [4.69, 9.17) is 0 Å². The van der Waals surface area contributed by atoms with Crippen molar-refractivity contribution in [3.63, 3.8) is 0 Å². The van der Waals surface area contributed by atoms with Gasteiger partial charge in [0.15, 0.2) is 0 Å². The lowest BCUT2D eigenvalue weighted by atomic mass is 10.1. The smallest absolute Gasteiger partial charge is 0.0975 e. The van der Waals surface area contributed by atoms with Crippen molar-refractivity contribution >= 4 is 26.9 Å². The third-order valence-corrected chi connectivity index (χ3v) is 4.57. The largest absolute Gasteiger partial charge is 0.242 e. The molecule has 1 unspecified atom stereocenters. The minimum atomic E-state index is -1.04. The van der Waals surface area contributed by atoms with Crippen molar-refractivity contribution in [3.05, 3.63) is 34.3 Å². The van der Waals surface area contributed by atoms with Crippen molar-refractivity contribution in [1.29, 1.82) is 0 Å². The van der Waals surface area contributed by atoms with E-state index in [1.54, 1.807) is 0 Å². The van der Waals surface area contributed by atoms with Gasteiger partial charge in [0.05, 0.1) is 15.7 Å². The summed E-state index contributed by atoms with van der Waals surface area (Å²) in [6, 6.07) is 8.26. The van der Waals surface area contributed by atoms with Gasteiger partial charge in [-0.25, -0.2) is 8.93 Å². The molecule has 0 heterocycles. The summed E-state index contributed by atoms with van der Waals surface area (Å²) >= 11 is 3.46. The van der Waals surface area contributed by atoms with Crippen LogP contribution in [0.3, 0.4) is 0 Å². The van der Waals surface area contributed by atoms with Crippen LogP contribution in [0.2, 0.25) is 0 Å². The van der Waals surface area contributed by atoms with E-state index in [1.807, 2.05) is 32.9 Å². The second-order valence-corrected chi connectivity index (χ2v) is 7.93. The van der Waals surface area contributed by atoms with Crippen molar-refractivity contribution in [2.75, 3.05) is 0 Å². The lowest BCUT2D eigenvalue weighted by molar-refractivity contribution is 0.589. The zero-order valence-electron chi connectivity index (χ0n) is 10.8. The number of rotatable bonds is 4. The molecule has 1 aromatic carbocycles. The normalized spacial score (nSPS) is 15.6. The molecule has 0 radical (unpaired) electrons. The molecule has 0 bridgehead atoms. The molecule has 2 atom stereocenters. The Morgan fingerprint density at radius 3 is 2.53 bits per heavy atom. The van der Waals surface area contributed by atoms with Gasteiger partial charge in [-0.2, -0.15) is 0 Å². The Morgan fingerprint density at radius 1 is 1.41 bits per heavy atom. The zero-order valence-corrected chi connectivity index (χ0v) is 13.2. The fourth-order valence-corrected chi connectivity index (χ4v) is 2.75. The zero-order chi connectivity index (χ0) is 13.1. The predicted octanol–water partition coefficient (Wildman–Crippen LogP) is 3.95. The summed E-state index contributed by atoms with van der Waals surface area (Å²) in [6.07, 6.45) is 0.915. The Morgan fingerprint density at radius 2 is 2.06 bits per heavy atom. The van der Waals surface area contributed by atoms with Crippen LogP contribution in [0.1, 0.15) is 45.7 Å². The molecule has 4 heteroatoms. The molecule has 0 saturated heterocycles. The maximum Gasteiger partial charge on any atom is 0.0975 e. The van der Waals surface area contributed by atoms with E-state index in [9.17, 15) is 4.21 Å². The summed E-state index contributed by atoms with van der Waals surface area (Å²) < 4.78 is 16.1. The van der Waals surface area contributed by atoms with Gasteiger partial charge in [0.1, 0.15) is 0 Å². The third kappa shape index (κ3) is 4.53. The molecule has 1 rings (SSSR count). The molecule has 0 aliphatic rings. The van der Waals surface area contributed by atoms with Crippen LogP contribution in [0.25, 0.3) is 0 Å². The van der Waals surface area contributed by atoms with E-state index in [-0.39, 0.29) is 10.8 Å². The van der Waals surface area contributed by atoms with Crippen LogP contribution < -0.4 is 4.72 Å². The average molecular weight is 318 g/mol. The quantitative estimate of drug-likeness (QED) is 0.895. The van der Waals surface area contributed by atoms with Gasteiger partial charge in [-0.15, -0.1) is 0 Å². The number of hydrogen-bond donors (Lipinski definition) is 1. The maximum absolute atomic E-state index is 12.1. The van der Waals surface area contributed by atoms with Crippen molar-refractivity contribution in [2.24, 2.45) is 0 Å². The Kier molecular flexibility index (Phi) is 5.35. The van der Waals surface area contributed by atoms with Crippen LogP contribution >= 0.6 is 15.9 Å². The highest BCUT2D eigenvalue weighted by Crippen LogP contribution is 2.22. The number of halogens is 1. The number of nitrogens with one attached hydrogen (secondary N) is 1. The Bertz CT molecular complexity index is 401. The van der Waals surface area contributed by atoms with Crippen molar-refractivity contribution in [2.45, 2.75) is 44.9 Å². The summed E-state index contributed by atoms with van der Waals surface area (Å²) in [7, 11) is -1.04. The van der Waals surface area contributed by atoms with Gasteiger partial charge in [-0.1, -0.05) is 35.0 Å². The summed E-state index contributed by atoms with van der Waals surface area (Å²) in [5.41, 5.74) is 1.17. The SMILES string of the molecule is CC[C@H](NS(=O)C(C)(C)C)c1cccc(Br)c1. The Labute approximate surface area is 115 Å². The first-order chi connectivity index (χ1) is 7.84. The number of hydrogen-bond acceptors (Lipinski definition) is 1. The second kappa shape index (κ2) is 6.12. The monoisotopic (exact) mass is 317 g/mol. The highest BCUT2D eigenvalue weighted by atomic mass is 79.9. The van der Waals surface area contributed by atoms with Crippen molar-refractivity contribution in [3.8, 4) is 0 Å². The van der Waals surface area contributed by atoms with Crippen LogP contribution in [0.15, 0.2) is 28.7 Å². The molecule has 1 N–H and O–H groups in total. The van der Waals surface area contributed by atoms with E-state index < -0.39 is 11.0 Å². The first kappa shape index (κ1) is 14.9. The second-order valence-electron chi connectivity index (χ2n) is 5.01. The molecule has 0 aliphatic heterocycles. The van der Waals surface area contributed by atoms with E-state index in [2.05, 4.69) is 39.7 Å². The summed E-state index contributed by atoms with van der Waals surface area (Å²) in [4.78, 5) is 0. The predicted molar refractivity (Wildman–Crippen MR) is 78.2 cm³/mol. The van der Waals surface area contributed by atoms with Gasteiger partial charge >= 0.3 is 0 Å². The lowest BCUT2D eigenvalue weighted by Crippen LogP contribution is -2.35. The van der Waals surface area contributed by atoms with E-state index in [0.717, 1.165) is 10.9 Å².